The van der Waals surface area contributed by atoms with Crippen LogP contribution in [0.25, 0.3) is 0 Å². The molecule has 0 bridgehead atoms. The Labute approximate surface area is 132 Å². The second-order valence-corrected chi connectivity index (χ2v) is 7.19. The highest BCUT2D eigenvalue weighted by atomic mass is 32.1. The van der Waals surface area contributed by atoms with Gasteiger partial charge in [-0.2, -0.15) is 0 Å². The number of piperidine rings is 1. The van der Waals surface area contributed by atoms with E-state index < -0.39 is 0 Å². The number of thiocarbonyl (C=S) groups is 1. The van der Waals surface area contributed by atoms with E-state index in [1.54, 1.807) is 0 Å². The minimum absolute atomic E-state index is 0.386. The molecular formula is C17H25N3S. The molecule has 1 aliphatic heterocycles. The SMILES string of the molecule is NC(=S)c1cc(CN2CCC3(CCCCC3)CC2)ccn1. The van der Waals surface area contributed by atoms with Crippen molar-refractivity contribution in [3.63, 3.8) is 0 Å². The molecule has 2 fully saturated rings. The zero-order valence-electron chi connectivity index (χ0n) is 12.7. The average Bonchev–Trinajstić information content (AvgIpc) is 2.51. The first-order chi connectivity index (χ1) is 10.2. The Bertz CT molecular complexity index is 499. The molecule has 0 aromatic carbocycles. The van der Waals surface area contributed by atoms with Crippen molar-refractivity contribution in [1.29, 1.82) is 0 Å². The van der Waals surface area contributed by atoms with E-state index in [4.69, 9.17) is 18.0 Å². The highest BCUT2D eigenvalue weighted by Crippen LogP contribution is 2.44. The van der Waals surface area contributed by atoms with E-state index in [-0.39, 0.29) is 0 Å². The number of hydrogen-bond donors (Lipinski definition) is 1. The number of hydrogen-bond acceptors (Lipinski definition) is 3. The predicted octanol–water partition coefficient (Wildman–Crippen LogP) is 3.26. The number of nitrogens with zero attached hydrogens (tertiary/aromatic N) is 2. The molecule has 2 aliphatic rings. The van der Waals surface area contributed by atoms with Crippen molar-refractivity contribution in [2.45, 2.75) is 51.5 Å². The van der Waals surface area contributed by atoms with Crippen LogP contribution in [0.15, 0.2) is 18.3 Å². The van der Waals surface area contributed by atoms with Gasteiger partial charge in [0.25, 0.3) is 0 Å². The van der Waals surface area contributed by atoms with Crippen molar-refractivity contribution in [2.24, 2.45) is 11.1 Å². The summed E-state index contributed by atoms with van der Waals surface area (Å²) in [6, 6.07) is 4.11. The summed E-state index contributed by atoms with van der Waals surface area (Å²) in [6.07, 6.45) is 11.8. The van der Waals surface area contributed by atoms with Crippen molar-refractivity contribution in [3.8, 4) is 0 Å². The summed E-state index contributed by atoms with van der Waals surface area (Å²) in [4.78, 5) is 7.17. The third-order valence-electron chi connectivity index (χ3n) is 5.31. The average molecular weight is 303 g/mol. The first-order valence-electron chi connectivity index (χ1n) is 8.14. The van der Waals surface area contributed by atoms with Crippen LogP contribution >= 0.6 is 12.2 Å². The van der Waals surface area contributed by atoms with Gasteiger partial charge < -0.3 is 5.73 Å². The summed E-state index contributed by atoms with van der Waals surface area (Å²) in [6.45, 7) is 3.45. The molecule has 1 saturated heterocycles. The maximum atomic E-state index is 5.66. The van der Waals surface area contributed by atoms with Gasteiger partial charge >= 0.3 is 0 Å². The predicted molar refractivity (Wildman–Crippen MR) is 90.2 cm³/mol. The summed E-state index contributed by atoms with van der Waals surface area (Å²) in [5, 5.41) is 0. The van der Waals surface area contributed by atoms with Gasteiger partial charge in [0.05, 0.1) is 5.69 Å². The Hall–Kier alpha value is -1.00. The van der Waals surface area contributed by atoms with Gasteiger partial charge in [-0.05, 0) is 61.9 Å². The van der Waals surface area contributed by atoms with E-state index in [1.165, 1.54) is 63.6 Å². The lowest BCUT2D eigenvalue weighted by Crippen LogP contribution is -2.40. The van der Waals surface area contributed by atoms with Crippen LogP contribution in [0.4, 0.5) is 0 Å². The summed E-state index contributed by atoms with van der Waals surface area (Å²) < 4.78 is 0. The third-order valence-corrected chi connectivity index (χ3v) is 5.52. The summed E-state index contributed by atoms with van der Waals surface area (Å²) >= 11 is 5.01. The molecule has 1 spiro atoms. The molecule has 2 N–H and O–H groups in total. The molecule has 3 nitrogen and oxygen atoms in total. The topological polar surface area (TPSA) is 42.1 Å². The molecule has 114 valence electrons. The molecule has 1 saturated carbocycles. The van der Waals surface area contributed by atoms with Crippen LogP contribution < -0.4 is 5.73 Å². The van der Waals surface area contributed by atoms with Crippen molar-refractivity contribution in [1.82, 2.24) is 9.88 Å². The molecular weight excluding hydrogens is 278 g/mol. The molecule has 0 radical (unpaired) electrons. The molecule has 1 aromatic heterocycles. The van der Waals surface area contributed by atoms with E-state index in [1.807, 2.05) is 12.3 Å². The Morgan fingerprint density at radius 3 is 2.57 bits per heavy atom. The molecule has 2 heterocycles. The van der Waals surface area contributed by atoms with E-state index in [0.29, 0.717) is 10.4 Å². The summed E-state index contributed by atoms with van der Waals surface area (Å²) in [5.41, 5.74) is 8.35. The highest BCUT2D eigenvalue weighted by molar-refractivity contribution is 7.80. The molecule has 21 heavy (non-hydrogen) atoms. The van der Waals surface area contributed by atoms with Gasteiger partial charge in [0, 0.05) is 12.7 Å². The minimum Gasteiger partial charge on any atom is -0.388 e. The van der Waals surface area contributed by atoms with Crippen LogP contribution in [0.1, 0.15) is 56.2 Å². The van der Waals surface area contributed by atoms with Crippen LogP contribution in [-0.4, -0.2) is 28.0 Å². The molecule has 1 aliphatic carbocycles. The number of pyridine rings is 1. The smallest absolute Gasteiger partial charge is 0.122 e. The Morgan fingerprint density at radius 2 is 1.90 bits per heavy atom. The highest BCUT2D eigenvalue weighted by Gasteiger charge is 2.35. The Morgan fingerprint density at radius 1 is 1.19 bits per heavy atom. The molecule has 0 amide bonds. The van der Waals surface area contributed by atoms with Gasteiger partial charge in [-0.1, -0.05) is 31.5 Å². The van der Waals surface area contributed by atoms with Gasteiger partial charge in [0.1, 0.15) is 4.99 Å². The van der Waals surface area contributed by atoms with Crippen LogP contribution in [0.5, 0.6) is 0 Å². The molecule has 1 aromatic rings. The second kappa shape index (κ2) is 6.41. The maximum absolute atomic E-state index is 5.66. The second-order valence-electron chi connectivity index (χ2n) is 6.75. The zero-order valence-corrected chi connectivity index (χ0v) is 13.5. The fourth-order valence-electron chi connectivity index (χ4n) is 3.95. The van der Waals surface area contributed by atoms with Crippen LogP contribution in [-0.2, 0) is 6.54 Å². The zero-order chi connectivity index (χ0) is 14.7. The lowest BCUT2D eigenvalue weighted by molar-refractivity contribution is 0.0641. The van der Waals surface area contributed by atoms with Crippen molar-refractivity contribution < 1.29 is 0 Å². The third kappa shape index (κ3) is 3.61. The van der Waals surface area contributed by atoms with Crippen molar-refractivity contribution in [2.75, 3.05) is 13.1 Å². The van der Waals surface area contributed by atoms with Gasteiger partial charge in [-0.25, -0.2) is 0 Å². The first-order valence-corrected chi connectivity index (χ1v) is 8.55. The van der Waals surface area contributed by atoms with Crippen LogP contribution in [0.2, 0.25) is 0 Å². The van der Waals surface area contributed by atoms with Gasteiger partial charge in [-0.15, -0.1) is 0 Å². The van der Waals surface area contributed by atoms with Crippen LogP contribution in [0.3, 0.4) is 0 Å². The molecule has 0 unspecified atom stereocenters. The quantitative estimate of drug-likeness (QED) is 0.870. The normalized spacial score (nSPS) is 22.3. The van der Waals surface area contributed by atoms with Crippen LogP contribution in [0, 0.1) is 5.41 Å². The lowest BCUT2D eigenvalue weighted by atomic mass is 9.68. The first kappa shape index (κ1) is 14.9. The number of aromatic nitrogens is 1. The van der Waals surface area contributed by atoms with Gasteiger partial charge in [0.2, 0.25) is 0 Å². The Kier molecular flexibility index (Phi) is 4.55. The van der Waals surface area contributed by atoms with Gasteiger partial charge in [0.15, 0.2) is 0 Å². The van der Waals surface area contributed by atoms with Crippen molar-refractivity contribution >= 4 is 17.2 Å². The number of nitrogens with two attached hydrogens (primary N) is 1. The summed E-state index contributed by atoms with van der Waals surface area (Å²) in [5.74, 6) is 0. The number of rotatable bonds is 3. The lowest BCUT2D eigenvalue weighted by Gasteiger charge is -2.44. The van der Waals surface area contributed by atoms with E-state index in [0.717, 1.165) is 12.2 Å². The monoisotopic (exact) mass is 303 g/mol. The fraction of sp³-hybridized carbons (Fsp3) is 0.647. The molecule has 4 heteroatoms. The fourth-order valence-corrected chi connectivity index (χ4v) is 4.06. The number of likely N-dealkylation sites (tertiary alicyclic amines) is 1. The standard InChI is InChI=1S/C17H25N3S/c18-16(21)15-12-14(4-9-19-15)13-20-10-7-17(8-11-20)5-2-1-3-6-17/h4,9,12H,1-3,5-8,10-11,13H2,(H2,18,21). The summed E-state index contributed by atoms with van der Waals surface area (Å²) in [7, 11) is 0. The maximum Gasteiger partial charge on any atom is 0.122 e. The van der Waals surface area contributed by atoms with E-state index in [9.17, 15) is 0 Å². The van der Waals surface area contributed by atoms with Crippen molar-refractivity contribution in [3.05, 3.63) is 29.6 Å². The molecule has 3 rings (SSSR count). The largest absolute Gasteiger partial charge is 0.388 e. The van der Waals surface area contributed by atoms with Gasteiger partial charge in [-0.3, -0.25) is 9.88 Å². The Balaban J connectivity index is 1.57. The van der Waals surface area contributed by atoms with E-state index >= 15 is 0 Å². The molecule has 0 atom stereocenters. The van der Waals surface area contributed by atoms with E-state index in [2.05, 4.69) is 16.0 Å². The minimum atomic E-state index is 0.386.